The molecule has 0 unspecified atom stereocenters. The summed E-state index contributed by atoms with van der Waals surface area (Å²) in [4.78, 5) is 0. The molecule has 0 saturated heterocycles. The van der Waals surface area contributed by atoms with Crippen LogP contribution < -0.4 is 0 Å². The molecule has 0 aromatic heterocycles. The maximum Gasteiger partial charge on any atom is -0.00447 e. The van der Waals surface area contributed by atoms with Gasteiger partial charge in [-0.2, -0.15) is 0 Å². The summed E-state index contributed by atoms with van der Waals surface area (Å²) in [6, 6.07) is 0. The molecule has 0 rings (SSSR count). The lowest BCUT2D eigenvalue weighted by Gasteiger charge is -1.78. The van der Waals surface area contributed by atoms with Gasteiger partial charge in [-0.25, -0.2) is 0 Å². The van der Waals surface area contributed by atoms with E-state index in [0.717, 1.165) is 12.8 Å². The molecule has 0 aliphatic carbocycles. The lowest BCUT2D eigenvalue weighted by Crippen LogP contribution is -1.66. The highest BCUT2D eigenvalue weighted by molar-refractivity contribution is 5.52. The molecule has 7 heavy (non-hydrogen) atoms. The summed E-state index contributed by atoms with van der Waals surface area (Å²) in [5, 5.41) is 6.62. The Bertz CT molecular complexity index is 64.6. The zero-order valence-electron chi connectivity index (χ0n) is 4.65. The Balaban J connectivity index is 2.82. The molecule has 0 spiro atoms. The van der Waals surface area contributed by atoms with Crippen LogP contribution >= 0.6 is 0 Å². The fourth-order valence-corrected chi connectivity index (χ4v) is 0.346. The van der Waals surface area contributed by atoms with Gasteiger partial charge in [-0.15, -0.1) is 0 Å². The minimum Gasteiger partial charge on any atom is -0.313 e. The Kier molecular flexibility index (Phi) is 4.95. The van der Waals surface area contributed by atoms with E-state index in [1.165, 1.54) is 6.21 Å². The largest absolute Gasteiger partial charge is 0.313 e. The van der Waals surface area contributed by atoms with Gasteiger partial charge in [0, 0.05) is 0 Å². The Labute approximate surface area is 44.6 Å². The first-order valence-corrected chi connectivity index (χ1v) is 2.52. The van der Waals surface area contributed by atoms with E-state index < -0.39 is 0 Å². The number of nitrogens with one attached hydrogen (secondary N) is 1. The summed E-state index contributed by atoms with van der Waals surface area (Å²) in [5.41, 5.74) is 0. The summed E-state index contributed by atoms with van der Waals surface area (Å²) >= 11 is 0. The number of hydrogen-bond donors (Lipinski definition) is 1. The first kappa shape index (κ1) is 6.41. The molecule has 0 aromatic carbocycles. The molecule has 1 heteroatoms. The van der Waals surface area contributed by atoms with E-state index in [0.29, 0.717) is 0 Å². The van der Waals surface area contributed by atoms with Crippen molar-refractivity contribution in [1.82, 2.24) is 0 Å². The van der Waals surface area contributed by atoms with E-state index in [2.05, 4.69) is 6.08 Å². The predicted octanol–water partition coefficient (Wildman–Crippen LogP) is 1.99. The molecule has 0 amide bonds. The summed E-state index contributed by atoms with van der Waals surface area (Å²) in [6.07, 6.45) is 7.39. The van der Waals surface area contributed by atoms with Crippen molar-refractivity contribution in [2.45, 2.75) is 19.8 Å². The van der Waals surface area contributed by atoms with Crippen LogP contribution in [0.3, 0.4) is 0 Å². The molecule has 0 bridgehead atoms. The first-order valence-electron chi connectivity index (χ1n) is 2.52. The van der Waals surface area contributed by atoms with E-state index in [1.54, 1.807) is 0 Å². The van der Waals surface area contributed by atoms with Crippen molar-refractivity contribution in [3.05, 3.63) is 12.2 Å². The van der Waals surface area contributed by atoms with Gasteiger partial charge in [-0.3, -0.25) is 0 Å². The molecule has 0 heterocycles. The topological polar surface area (TPSA) is 23.9 Å². The van der Waals surface area contributed by atoms with E-state index in [1.807, 2.05) is 13.0 Å². The van der Waals surface area contributed by atoms with Crippen LogP contribution in [-0.2, 0) is 0 Å². The molecule has 1 nitrogen and oxygen atoms in total. The van der Waals surface area contributed by atoms with Crippen LogP contribution in [0.1, 0.15) is 19.8 Å². The van der Waals surface area contributed by atoms with Crippen LogP contribution in [0.4, 0.5) is 0 Å². The number of rotatable bonds is 3. The summed E-state index contributed by atoms with van der Waals surface area (Å²) < 4.78 is 0. The maximum absolute atomic E-state index is 6.62. The Hall–Kier alpha value is -0.590. The van der Waals surface area contributed by atoms with Gasteiger partial charge in [0.05, 0.1) is 0 Å². The fraction of sp³-hybridized carbons (Fsp3) is 0.500. The number of allylic oxidation sites excluding steroid dienone is 2. The van der Waals surface area contributed by atoms with Gasteiger partial charge in [0.2, 0.25) is 0 Å². The van der Waals surface area contributed by atoms with Crippen molar-refractivity contribution in [2.75, 3.05) is 0 Å². The van der Waals surface area contributed by atoms with E-state index in [-0.39, 0.29) is 0 Å². The Morgan fingerprint density at radius 1 is 1.43 bits per heavy atom. The Morgan fingerprint density at radius 2 is 2.14 bits per heavy atom. The summed E-state index contributed by atoms with van der Waals surface area (Å²) in [7, 11) is 0. The summed E-state index contributed by atoms with van der Waals surface area (Å²) in [5.74, 6) is 0. The van der Waals surface area contributed by atoms with Gasteiger partial charge in [0.25, 0.3) is 0 Å². The highest BCUT2D eigenvalue weighted by Gasteiger charge is 1.69. The molecule has 0 aliphatic rings. The second-order valence-electron chi connectivity index (χ2n) is 1.35. The quantitative estimate of drug-likeness (QED) is 0.316. The van der Waals surface area contributed by atoms with Gasteiger partial charge >= 0.3 is 0 Å². The molecule has 0 aliphatic heterocycles. The molecule has 0 radical (unpaired) electrons. The molecule has 0 saturated carbocycles. The molecule has 0 aromatic rings. The van der Waals surface area contributed by atoms with Crippen LogP contribution in [0.25, 0.3) is 0 Å². The maximum atomic E-state index is 6.62. The van der Waals surface area contributed by atoms with Crippen LogP contribution in [0, 0.1) is 5.41 Å². The third kappa shape index (κ3) is 5.41. The zero-order chi connectivity index (χ0) is 5.54. The van der Waals surface area contributed by atoms with Gasteiger partial charge in [-0.1, -0.05) is 12.2 Å². The van der Waals surface area contributed by atoms with E-state index >= 15 is 0 Å². The van der Waals surface area contributed by atoms with Gasteiger partial charge in [0.1, 0.15) is 0 Å². The lowest BCUT2D eigenvalue weighted by atomic mass is 10.3. The smallest absolute Gasteiger partial charge is 0.00447 e. The Morgan fingerprint density at radius 3 is 2.57 bits per heavy atom. The van der Waals surface area contributed by atoms with Crippen LogP contribution in [0.5, 0.6) is 0 Å². The monoisotopic (exact) mass is 97.1 g/mol. The van der Waals surface area contributed by atoms with E-state index in [9.17, 15) is 0 Å². The molecule has 1 N–H and O–H groups in total. The third-order valence-corrected chi connectivity index (χ3v) is 0.713. The number of unbranched alkanes of at least 4 members (excludes halogenated alkanes) is 1. The predicted molar refractivity (Wildman–Crippen MR) is 32.8 cm³/mol. The molecule has 0 atom stereocenters. The molecular formula is C6H11N. The minimum atomic E-state index is 0.879. The second kappa shape index (κ2) is 5.41. The average molecular weight is 97.2 g/mol. The highest BCUT2D eigenvalue weighted by Crippen LogP contribution is 1.84. The normalized spacial score (nSPS) is 9.86. The van der Waals surface area contributed by atoms with Crippen molar-refractivity contribution in [1.29, 1.82) is 5.41 Å². The second-order valence-corrected chi connectivity index (χ2v) is 1.35. The summed E-state index contributed by atoms with van der Waals surface area (Å²) in [6.45, 7) is 1.99. The molecule has 0 fully saturated rings. The first-order chi connectivity index (χ1) is 3.41. The third-order valence-electron chi connectivity index (χ3n) is 0.713. The van der Waals surface area contributed by atoms with Crippen LogP contribution in [0.2, 0.25) is 0 Å². The van der Waals surface area contributed by atoms with Crippen molar-refractivity contribution in [2.24, 2.45) is 0 Å². The zero-order valence-corrected chi connectivity index (χ0v) is 4.65. The van der Waals surface area contributed by atoms with Gasteiger partial charge in [-0.05, 0) is 26.0 Å². The fourth-order valence-electron chi connectivity index (χ4n) is 0.346. The van der Waals surface area contributed by atoms with Crippen LogP contribution in [0.15, 0.2) is 12.2 Å². The van der Waals surface area contributed by atoms with Crippen molar-refractivity contribution in [3.63, 3.8) is 0 Å². The van der Waals surface area contributed by atoms with Gasteiger partial charge in [0.15, 0.2) is 0 Å². The van der Waals surface area contributed by atoms with Crippen LogP contribution in [-0.4, -0.2) is 6.21 Å². The highest BCUT2D eigenvalue weighted by atomic mass is 14.3. The number of hydrogen-bond acceptors (Lipinski definition) is 1. The standard InChI is InChI=1S/C6H11N/c1-2-3-4-5-6-7/h2-3,6-7H,4-5H2,1H3/b3-2+,7-6?. The van der Waals surface area contributed by atoms with E-state index in [4.69, 9.17) is 5.41 Å². The lowest BCUT2D eigenvalue weighted by molar-refractivity contribution is 1.10. The van der Waals surface area contributed by atoms with Crippen molar-refractivity contribution < 1.29 is 0 Å². The van der Waals surface area contributed by atoms with Gasteiger partial charge < -0.3 is 5.41 Å². The average Bonchev–Trinajstić information content (AvgIpc) is 1.69. The molecule has 40 valence electrons. The van der Waals surface area contributed by atoms with Crippen molar-refractivity contribution in [3.8, 4) is 0 Å². The SMILES string of the molecule is C/C=C/CCC=N. The minimum absolute atomic E-state index is 0.879. The molecular weight excluding hydrogens is 86.1 g/mol. The van der Waals surface area contributed by atoms with Crippen molar-refractivity contribution >= 4 is 6.21 Å².